The summed E-state index contributed by atoms with van der Waals surface area (Å²) in [5.74, 6) is -2.41. The fourth-order valence-corrected chi connectivity index (χ4v) is 2.86. The predicted molar refractivity (Wildman–Crippen MR) is 75.9 cm³/mol. The quantitative estimate of drug-likeness (QED) is 0.838. The summed E-state index contributed by atoms with van der Waals surface area (Å²) in [6.07, 6.45) is 0. The summed E-state index contributed by atoms with van der Waals surface area (Å²) in [6.45, 7) is 3.85. The lowest BCUT2D eigenvalue weighted by Crippen LogP contribution is -2.33. The largest absolute Gasteiger partial charge is 0.481 e. The van der Waals surface area contributed by atoms with Crippen molar-refractivity contribution < 1.29 is 14.7 Å². The van der Waals surface area contributed by atoms with Gasteiger partial charge in [0.15, 0.2) is 0 Å². The Bertz CT molecular complexity index is 589. The van der Waals surface area contributed by atoms with Gasteiger partial charge in [-0.25, -0.2) is 0 Å². The smallest absolute Gasteiger partial charge is 0.307 e. The van der Waals surface area contributed by atoms with Gasteiger partial charge in [-0.05, 0) is 11.0 Å². The minimum absolute atomic E-state index is 0.0351. The molecule has 2 unspecified atom stereocenters. The van der Waals surface area contributed by atoms with E-state index >= 15 is 0 Å². The summed E-state index contributed by atoms with van der Waals surface area (Å²) in [5, 5.41) is 18.1. The number of carboxylic acid groups (broad SMARTS) is 1. The fraction of sp³-hybridized carbons (Fsp3) is 0.438. The normalized spacial score (nSPS) is 22.1. The molecule has 1 N–H and O–H groups in total. The van der Waals surface area contributed by atoms with E-state index in [0.717, 1.165) is 5.56 Å². The number of rotatable bonds is 5. The summed E-state index contributed by atoms with van der Waals surface area (Å²) >= 11 is 0. The lowest BCUT2D eigenvalue weighted by atomic mass is 10.1. The first kappa shape index (κ1) is 15.0. The summed E-state index contributed by atoms with van der Waals surface area (Å²) in [4.78, 5) is 25.2. The van der Waals surface area contributed by atoms with Crippen LogP contribution in [0.2, 0.25) is 0 Å². The summed E-state index contributed by atoms with van der Waals surface area (Å²) in [6, 6.07) is 11.4. The number of carboxylic acids is 1. The van der Waals surface area contributed by atoms with E-state index in [9.17, 15) is 14.7 Å². The molecule has 0 spiro atoms. The third kappa shape index (κ3) is 2.89. The van der Waals surface area contributed by atoms with Crippen molar-refractivity contribution in [3.63, 3.8) is 0 Å². The lowest BCUT2D eigenvalue weighted by Gasteiger charge is -2.20. The van der Waals surface area contributed by atoms with E-state index in [-0.39, 0.29) is 12.5 Å². The van der Waals surface area contributed by atoms with Crippen LogP contribution in [0.25, 0.3) is 0 Å². The number of hydrogen-bond donors (Lipinski definition) is 1. The minimum Gasteiger partial charge on any atom is -0.481 e. The van der Waals surface area contributed by atoms with Crippen molar-refractivity contribution in [2.75, 3.05) is 6.54 Å². The van der Waals surface area contributed by atoms with E-state index in [2.05, 4.69) is 0 Å². The SMILES string of the molecule is CC1(C)C(C(=O)O)C1C(=O)N(CC#N)Cc1ccccc1. The van der Waals surface area contributed by atoms with Crippen LogP contribution in [0.4, 0.5) is 0 Å². The maximum absolute atomic E-state index is 12.5. The first-order valence-corrected chi connectivity index (χ1v) is 6.82. The van der Waals surface area contributed by atoms with Gasteiger partial charge in [0.25, 0.3) is 0 Å². The Kier molecular flexibility index (Phi) is 3.99. The monoisotopic (exact) mass is 286 g/mol. The van der Waals surface area contributed by atoms with E-state index in [4.69, 9.17) is 5.26 Å². The molecule has 21 heavy (non-hydrogen) atoms. The van der Waals surface area contributed by atoms with Crippen LogP contribution in [-0.2, 0) is 16.1 Å². The number of aliphatic carboxylic acids is 1. The summed E-state index contributed by atoms with van der Waals surface area (Å²) < 4.78 is 0. The maximum atomic E-state index is 12.5. The molecule has 0 bridgehead atoms. The van der Waals surface area contributed by atoms with Crippen molar-refractivity contribution in [3.05, 3.63) is 35.9 Å². The highest BCUT2D eigenvalue weighted by Crippen LogP contribution is 2.59. The van der Waals surface area contributed by atoms with Crippen molar-refractivity contribution in [1.29, 1.82) is 5.26 Å². The maximum Gasteiger partial charge on any atom is 0.307 e. The molecule has 0 radical (unpaired) electrons. The molecule has 110 valence electrons. The van der Waals surface area contributed by atoms with Crippen LogP contribution in [0, 0.1) is 28.6 Å². The Hall–Kier alpha value is -2.35. The third-order valence-corrected chi connectivity index (χ3v) is 4.15. The van der Waals surface area contributed by atoms with Gasteiger partial charge in [-0.15, -0.1) is 0 Å². The zero-order valence-corrected chi connectivity index (χ0v) is 12.1. The molecule has 1 aliphatic rings. The van der Waals surface area contributed by atoms with Gasteiger partial charge in [0, 0.05) is 6.54 Å². The average molecular weight is 286 g/mol. The predicted octanol–water partition coefficient (Wildman–Crippen LogP) is 1.90. The van der Waals surface area contributed by atoms with Crippen molar-refractivity contribution in [2.45, 2.75) is 20.4 Å². The number of hydrogen-bond acceptors (Lipinski definition) is 3. The fourth-order valence-electron chi connectivity index (χ4n) is 2.86. The van der Waals surface area contributed by atoms with Gasteiger partial charge in [-0.3, -0.25) is 9.59 Å². The molecular weight excluding hydrogens is 268 g/mol. The first-order valence-electron chi connectivity index (χ1n) is 6.82. The summed E-state index contributed by atoms with van der Waals surface area (Å²) in [5.41, 5.74) is 0.374. The van der Waals surface area contributed by atoms with Crippen LogP contribution in [-0.4, -0.2) is 28.4 Å². The van der Waals surface area contributed by atoms with Crippen molar-refractivity contribution >= 4 is 11.9 Å². The van der Waals surface area contributed by atoms with Crippen LogP contribution in [0.5, 0.6) is 0 Å². The average Bonchev–Trinajstić information content (AvgIpc) is 3.02. The molecule has 1 aromatic rings. The molecule has 0 aliphatic heterocycles. The van der Waals surface area contributed by atoms with Gasteiger partial charge in [0.1, 0.15) is 6.54 Å². The molecule has 2 atom stereocenters. The second-order valence-electron chi connectivity index (χ2n) is 5.95. The Morgan fingerprint density at radius 3 is 2.38 bits per heavy atom. The van der Waals surface area contributed by atoms with Crippen LogP contribution >= 0.6 is 0 Å². The highest BCUT2D eigenvalue weighted by molar-refractivity contribution is 5.91. The van der Waals surface area contributed by atoms with E-state index in [0.29, 0.717) is 6.54 Å². The first-order chi connectivity index (χ1) is 9.89. The van der Waals surface area contributed by atoms with Gasteiger partial charge in [0.2, 0.25) is 5.91 Å². The Labute approximate surface area is 123 Å². The molecule has 5 heteroatoms. The molecular formula is C16H18N2O3. The number of nitrogens with zero attached hydrogens (tertiary/aromatic N) is 2. The lowest BCUT2D eigenvalue weighted by molar-refractivity contribution is -0.142. The molecule has 1 aromatic carbocycles. The molecule has 0 aromatic heterocycles. The molecule has 5 nitrogen and oxygen atoms in total. The van der Waals surface area contributed by atoms with Crippen molar-refractivity contribution in [3.8, 4) is 6.07 Å². The van der Waals surface area contributed by atoms with E-state index in [1.165, 1.54) is 4.90 Å². The van der Waals surface area contributed by atoms with Gasteiger partial charge < -0.3 is 10.0 Å². The number of amides is 1. The van der Waals surface area contributed by atoms with Gasteiger partial charge in [-0.1, -0.05) is 44.2 Å². The second-order valence-corrected chi connectivity index (χ2v) is 5.95. The van der Waals surface area contributed by atoms with Gasteiger partial charge >= 0.3 is 5.97 Å². The molecule has 0 heterocycles. The zero-order valence-electron chi connectivity index (χ0n) is 12.1. The minimum atomic E-state index is -0.949. The molecule has 1 fully saturated rings. The van der Waals surface area contributed by atoms with Crippen LogP contribution < -0.4 is 0 Å². The molecule has 1 saturated carbocycles. The van der Waals surface area contributed by atoms with Crippen LogP contribution in [0.3, 0.4) is 0 Å². The zero-order chi connectivity index (χ0) is 15.6. The number of benzene rings is 1. The van der Waals surface area contributed by atoms with Crippen LogP contribution in [0.1, 0.15) is 19.4 Å². The third-order valence-electron chi connectivity index (χ3n) is 4.15. The molecule has 1 aliphatic carbocycles. The number of nitriles is 1. The topological polar surface area (TPSA) is 81.4 Å². The van der Waals surface area contributed by atoms with Gasteiger partial charge in [0.05, 0.1) is 17.9 Å². The van der Waals surface area contributed by atoms with Crippen molar-refractivity contribution in [1.82, 2.24) is 4.90 Å². The van der Waals surface area contributed by atoms with E-state index in [1.54, 1.807) is 13.8 Å². The second kappa shape index (κ2) is 5.57. The Morgan fingerprint density at radius 2 is 1.90 bits per heavy atom. The number of carbonyl (C=O) groups is 2. The molecule has 1 amide bonds. The summed E-state index contributed by atoms with van der Waals surface area (Å²) in [7, 11) is 0. The molecule has 2 rings (SSSR count). The standard InChI is InChI=1S/C16H18N2O3/c1-16(2)12(13(16)15(20)21)14(19)18(9-8-17)10-11-6-4-3-5-7-11/h3-7,12-13H,9-10H2,1-2H3,(H,20,21). The molecule has 0 saturated heterocycles. The van der Waals surface area contributed by atoms with E-state index < -0.39 is 23.2 Å². The van der Waals surface area contributed by atoms with E-state index in [1.807, 2.05) is 36.4 Å². The number of carbonyl (C=O) groups excluding carboxylic acids is 1. The highest BCUT2D eigenvalue weighted by Gasteiger charge is 2.66. The van der Waals surface area contributed by atoms with Gasteiger partial charge in [-0.2, -0.15) is 5.26 Å². The van der Waals surface area contributed by atoms with Crippen LogP contribution in [0.15, 0.2) is 30.3 Å². The highest BCUT2D eigenvalue weighted by atomic mass is 16.4. The van der Waals surface area contributed by atoms with Crippen molar-refractivity contribution in [2.24, 2.45) is 17.3 Å². The Balaban J connectivity index is 2.14. The Morgan fingerprint density at radius 1 is 1.29 bits per heavy atom.